The van der Waals surface area contributed by atoms with Crippen molar-refractivity contribution in [2.45, 2.75) is 30.5 Å². The molecule has 0 saturated heterocycles. The van der Waals surface area contributed by atoms with Gasteiger partial charge in [0.1, 0.15) is 10.8 Å². The zero-order valence-corrected chi connectivity index (χ0v) is 20.4. The van der Waals surface area contributed by atoms with E-state index in [1.165, 1.54) is 0 Å². The minimum absolute atomic E-state index is 0.304. The Morgan fingerprint density at radius 3 is 2.81 bits per heavy atom. The van der Waals surface area contributed by atoms with E-state index in [0.717, 1.165) is 27.2 Å². The quantitative estimate of drug-likeness (QED) is 0.177. The molecule has 0 N–H and O–H groups in total. The summed E-state index contributed by atoms with van der Waals surface area (Å²) in [6.45, 7) is 6.39. The normalized spacial score (nSPS) is 12.0. The number of thiazole rings is 1. The van der Waals surface area contributed by atoms with Crippen molar-refractivity contribution in [3.05, 3.63) is 88.1 Å². The molecule has 0 radical (unpaired) electrons. The van der Waals surface area contributed by atoms with Crippen molar-refractivity contribution in [3.63, 3.8) is 0 Å². The minimum Gasteiger partial charge on any atom is -0.483 e. The SMILES string of the molecule is C=CCn1c(SCc2csc(-c3ccccc3Cl)n2)nnc1C(C)Oc1cccc(Cl)c1. The second kappa shape index (κ2) is 10.5. The Balaban J connectivity index is 1.48. The molecule has 2 aromatic heterocycles. The molecule has 0 aliphatic heterocycles. The topological polar surface area (TPSA) is 52.8 Å². The highest BCUT2D eigenvalue weighted by Gasteiger charge is 2.19. The molecule has 9 heteroatoms. The highest BCUT2D eigenvalue weighted by atomic mass is 35.5. The van der Waals surface area contributed by atoms with E-state index >= 15 is 0 Å². The number of hydrogen-bond acceptors (Lipinski definition) is 6. The third-order valence-corrected chi connectivity index (χ3v) is 7.02. The molecule has 2 heterocycles. The maximum atomic E-state index is 6.31. The summed E-state index contributed by atoms with van der Waals surface area (Å²) in [5, 5.41) is 13.8. The molecule has 0 bridgehead atoms. The lowest BCUT2D eigenvalue weighted by Crippen LogP contribution is -2.12. The average Bonchev–Trinajstić information content (AvgIpc) is 3.40. The molecule has 1 atom stereocenters. The monoisotopic (exact) mass is 502 g/mol. The van der Waals surface area contributed by atoms with Gasteiger partial charge in [-0.15, -0.1) is 28.1 Å². The largest absolute Gasteiger partial charge is 0.483 e. The molecule has 0 spiro atoms. The van der Waals surface area contributed by atoms with Gasteiger partial charge >= 0.3 is 0 Å². The predicted molar refractivity (Wildman–Crippen MR) is 133 cm³/mol. The third-order valence-electron chi connectivity index (χ3n) is 4.53. The Kier molecular flexibility index (Phi) is 7.52. The maximum Gasteiger partial charge on any atom is 0.192 e. The minimum atomic E-state index is -0.304. The number of ether oxygens (including phenoxy) is 1. The van der Waals surface area contributed by atoms with Gasteiger partial charge in [0.25, 0.3) is 0 Å². The van der Waals surface area contributed by atoms with Crippen LogP contribution < -0.4 is 4.74 Å². The lowest BCUT2D eigenvalue weighted by molar-refractivity contribution is 0.210. The van der Waals surface area contributed by atoms with Gasteiger partial charge in [-0.2, -0.15) is 0 Å². The molecule has 4 rings (SSSR count). The van der Waals surface area contributed by atoms with Crippen LogP contribution in [-0.4, -0.2) is 19.7 Å². The Morgan fingerprint density at radius 1 is 1.19 bits per heavy atom. The predicted octanol–water partition coefficient (Wildman–Crippen LogP) is 7.33. The second-order valence-corrected chi connectivity index (χ2v) is 9.51. The molecule has 164 valence electrons. The molecule has 0 saturated carbocycles. The van der Waals surface area contributed by atoms with Gasteiger partial charge in [0.15, 0.2) is 17.1 Å². The highest BCUT2D eigenvalue weighted by Crippen LogP contribution is 2.32. The number of nitrogens with zero attached hydrogens (tertiary/aromatic N) is 4. The Bertz CT molecular complexity index is 1220. The van der Waals surface area contributed by atoms with Crippen LogP contribution in [0.5, 0.6) is 5.75 Å². The van der Waals surface area contributed by atoms with E-state index in [4.69, 9.17) is 32.9 Å². The molecule has 0 aliphatic carbocycles. The first kappa shape index (κ1) is 22.9. The second-order valence-electron chi connectivity index (χ2n) is 6.87. The van der Waals surface area contributed by atoms with E-state index in [1.807, 2.05) is 65.4 Å². The third kappa shape index (κ3) is 5.35. The number of halogens is 2. The van der Waals surface area contributed by atoms with Gasteiger partial charge in [-0.3, -0.25) is 4.57 Å². The highest BCUT2D eigenvalue weighted by molar-refractivity contribution is 7.98. The van der Waals surface area contributed by atoms with Crippen molar-refractivity contribution in [1.82, 2.24) is 19.7 Å². The van der Waals surface area contributed by atoms with Gasteiger partial charge < -0.3 is 4.74 Å². The lowest BCUT2D eigenvalue weighted by Gasteiger charge is -2.15. The molecular weight excluding hydrogens is 483 g/mol. The van der Waals surface area contributed by atoms with Gasteiger partial charge in [0.2, 0.25) is 0 Å². The van der Waals surface area contributed by atoms with Crippen molar-refractivity contribution in [3.8, 4) is 16.3 Å². The van der Waals surface area contributed by atoms with Crippen molar-refractivity contribution in [2.24, 2.45) is 0 Å². The summed E-state index contributed by atoms with van der Waals surface area (Å²) in [5.74, 6) is 2.07. The molecule has 2 aromatic carbocycles. The summed E-state index contributed by atoms with van der Waals surface area (Å²) in [6.07, 6.45) is 1.52. The van der Waals surface area contributed by atoms with Crippen molar-refractivity contribution < 1.29 is 4.74 Å². The standard InChI is InChI=1S/C23H20Cl2N4OS2/c1-3-11-29-21(15(2)30-18-8-6-7-16(24)12-18)27-28-23(29)32-14-17-13-31-22(26-17)19-9-4-5-10-20(19)25/h3-10,12-13,15H,1,11,14H2,2H3. The van der Waals surface area contributed by atoms with E-state index in [2.05, 4.69) is 16.8 Å². The van der Waals surface area contributed by atoms with Gasteiger partial charge in [-0.05, 0) is 31.2 Å². The number of hydrogen-bond donors (Lipinski definition) is 0. The smallest absolute Gasteiger partial charge is 0.192 e. The van der Waals surface area contributed by atoms with Crippen molar-refractivity contribution >= 4 is 46.3 Å². The van der Waals surface area contributed by atoms with Gasteiger partial charge in [0.05, 0.1) is 10.7 Å². The summed E-state index contributed by atoms with van der Waals surface area (Å²) in [7, 11) is 0. The number of aromatic nitrogens is 4. The lowest BCUT2D eigenvalue weighted by atomic mass is 10.2. The Hall–Kier alpha value is -2.32. The van der Waals surface area contributed by atoms with Gasteiger partial charge in [-0.25, -0.2) is 4.98 Å². The first-order valence-electron chi connectivity index (χ1n) is 9.83. The molecule has 5 nitrogen and oxygen atoms in total. The van der Waals surface area contributed by atoms with Crippen LogP contribution >= 0.6 is 46.3 Å². The van der Waals surface area contributed by atoms with Crippen LogP contribution in [0, 0.1) is 0 Å². The molecule has 32 heavy (non-hydrogen) atoms. The van der Waals surface area contributed by atoms with Crippen LogP contribution in [0.1, 0.15) is 24.5 Å². The van der Waals surface area contributed by atoms with Crippen LogP contribution in [0.15, 0.2) is 71.7 Å². The van der Waals surface area contributed by atoms with Crippen LogP contribution in [-0.2, 0) is 12.3 Å². The average molecular weight is 503 g/mol. The summed E-state index contributed by atoms with van der Waals surface area (Å²) < 4.78 is 8.04. The summed E-state index contributed by atoms with van der Waals surface area (Å²) in [5.41, 5.74) is 1.91. The molecule has 0 amide bonds. The Labute approximate surface area is 205 Å². The molecule has 4 aromatic rings. The van der Waals surface area contributed by atoms with Crippen LogP contribution in [0.2, 0.25) is 10.0 Å². The van der Waals surface area contributed by atoms with Gasteiger partial charge in [-0.1, -0.05) is 65.3 Å². The molecule has 1 unspecified atom stereocenters. The summed E-state index contributed by atoms with van der Waals surface area (Å²) in [4.78, 5) is 4.74. The Morgan fingerprint density at radius 2 is 2.03 bits per heavy atom. The van der Waals surface area contributed by atoms with Crippen LogP contribution in [0.3, 0.4) is 0 Å². The van der Waals surface area contributed by atoms with E-state index < -0.39 is 0 Å². The molecular formula is C23H20Cl2N4OS2. The fourth-order valence-corrected chi connectivity index (χ4v) is 5.35. The van der Waals surface area contributed by atoms with E-state index in [9.17, 15) is 0 Å². The summed E-state index contributed by atoms with van der Waals surface area (Å²) in [6, 6.07) is 15.0. The van der Waals surface area contributed by atoms with Crippen molar-refractivity contribution in [2.75, 3.05) is 0 Å². The van der Waals surface area contributed by atoms with Crippen LogP contribution in [0.4, 0.5) is 0 Å². The number of rotatable bonds is 9. The molecule has 0 aliphatic rings. The molecule has 0 fully saturated rings. The zero-order chi connectivity index (χ0) is 22.5. The van der Waals surface area contributed by atoms with E-state index in [0.29, 0.717) is 28.1 Å². The van der Waals surface area contributed by atoms with Gasteiger partial charge in [0, 0.05) is 28.3 Å². The summed E-state index contributed by atoms with van der Waals surface area (Å²) >= 11 is 15.5. The first-order valence-corrected chi connectivity index (χ1v) is 12.5. The number of allylic oxidation sites excluding steroid dienone is 1. The number of benzene rings is 2. The fraction of sp³-hybridized carbons (Fsp3) is 0.174. The maximum absolute atomic E-state index is 6.31. The first-order chi connectivity index (χ1) is 15.5. The van der Waals surface area contributed by atoms with E-state index in [-0.39, 0.29) is 6.10 Å². The van der Waals surface area contributed by atoms with E-state index in [1.54, 1.807) is 29.2 Å². The fourth-order valence-electron chi connectivity index (χ4n) is 3.08. The van der Waals surface area contributed by atoms with Crippen LogP contribution in [0.25, 0.3) is 10.6 Å². The van der Waals surface area contributed by atoms with Crippen molar-refractivity contribution in [1.29, 1.82) is 0 Å². The number of thioether (sulfide) groups is 1. The zero-order valence-electron chi connectivity index (χ0n) is 17.2.